The molecule has 0 amide bonds. The van der Waals surface area contributed by atoms with Crippen molar-refractivity contribution in [1.82, 2.24) is 0 Å². The Labute approximate surface area is 89.1 Å². The molecule has 0 radical (unpaired) electrons. The molecule has 0 aliphatic carbocycles. The summed E-state index contributed by atoms with van der Waals surface area (Å²) in [6.07, 6.45) is 0. The van der Waals surface area contributed by atoms with Gasteiger partial charge in [-0.25, -0.2) is 0 Å². The van der Waals surface area contributed by atoms with E-state index >= 15 is 0 Å². The van der Waals surface area contributed by atoms with E-state index < -0.39 is 4.92 Å². The van der Waals surface area contributed by atoms with Crippen LogP contribution in [0.15, 0.2) is 17.5 Å². The van der Waals surface area contributed by atoms with Gasteiger partial charge in [-0.3, -0.25) is 10.1 Å². The second-order valence-corrected chi connectivity index (χ2v) is 4.25. The standard InChI is InChI=1S/C9H6ClNO2S/c1-5-8(11(12)13)4-7(10)6-2-3-14-9(5)6/h2-4H,1H3. The highest BCUT2D eigenvalue weighted by Crippen LogP contribution is 2.36. The van der Waals surface area contributed by atoms with Gasteiger partial charge in [0, 0.05) is 21.7 Å². The molecule has 0 saturated heterocycles. The molecule has 1 aromatic heterocycles. The first-order valence-corrected chi connectivity index (χ1v) is 5.17. The van der Waals surface area contributed by atoms with Crippen molar-refractivity contribution in [3.63, 3.8) is 0 Å². The Balaban J connectivity index is 2.88. The molecule has 0 saturated carbocycles. The minimum Gasteiger partial charge on any atom is -0.258 e. The second kappa shape index (κ2) is 3.22. The minimum absolute atomic E-state index is 0.0879. The third kappa shape index (κ3) is 1.27. The van der Waals surface area contributed by atoms with Crippen molar-refractivity contribution in [3.8, 4) is 0 Å². The van der Waals surface area contributed by atoms with E-state index in [4.69, 9.17) is 11.6 Å². The van der Waals surface area contributed by atoms with E-state index in [0.717, 1.165) is 10.1 Å². The van der Waals surface area contributed by atoms with Gasteiger partial charge in [0.25, 0.3) is 5.69 Å². The van der Waals surface area contributed by atoms with Gasteiger partial charge in [0.05, 0.1) is 9.95 Å². The second-order valence-electron chi connectivity index (χ2n) is 2.92. The van der Waals surface area contributed by atoms with Crippen LogP contribution in [0, 0.1) is 17.0 Å². The van der Waals surface area contributed by atoms with Crippen molar-refractivity contribution in [2.24, 2.45) is 0 Å². The predicted octanol–water partition coefficient (Wildman–Crippen LogP) is 3.77. The third-order valence-corrected chi connectivity index (χ3v) is 3.45. The predicted molar refractivity (Wildman–Crippen MR) is 58.2 cm³/mol. The number of thiophene rings is 1. The van der Waals surface area contributed by atoms with E-state index in [2.05, 4.69) is 0 Å². The third-order valence-electron chi connectivity index (χ3n) is 2.11. The molecule has 0 aliphatic rings. The van der Waals surface area contributed by atoms with Crippen LogP contribution in [0.3, 0.4) is 0 Å². The highest BCUT2D eigenvalue weighted by molar-refractivity contribution is 7.17. The molecule has 0 bridgehead atoms. The molecule has 14 heavy (non-hydrogen) atoms. The molecule has 3 nitrogen and oxygen atoms in total. The molecular weight excluding hydrogens is 222 g/mol. The van der Waals surface area contributed by atoms with Crippen molar-refractivity contribution in [3.05, 3.63) is 38.2 Å². The Bertz CT molecular complexity index is 521. The normalized spacial score (nSPS) is 10.7. The molecule has 2 rings (SSSR count). The van der Waals surface area contributed by atoms with E-state index in [1.807, 2.05) is 11.4 Å². The van der Waals surface area contributed by atoms with Crippen LogP contribution < -0.4 is 0 Å². The van der Waals surface area contributed by atoms with Crippen molar-refractivity contribution < 1.29 is 4.92 Å². The van der Waals surface area contributed by atoms with E-state index in [0.29, 0.717) is 10.6 Å². The average Bonchev–Trinajstić information content (AvgIpc) is 2.59. The topological polar surface area (TPSA) is 43.1 Å². The summed E-state index contributed by atoms with van der Waals surface area (Å²) in [4.78, 5) is 10.3. The van der Waals surface area contributed by atoms with Crippen LogP contribution in [-0.2, 0) is 0 Å². The molecule has 2 aromatic rings. The lowest BCUT2D eigenvalue weighted by Crippen LogP contribution is -1.91. The van der Waals surface area contributed by atoms with Crippen LogP contribution in [0.5, 0.6) is 0 Å². The lowest BCUT2D eigenvalue weighted by atomic mass is 10.1. The fourth-order valence-corrected chi connectivity index (χ4v) is 2.64. The number of benzene rings is 1. The van der Waals surface area contributed by atoms with Gasteiger partial charge in [0.2, 0.25) is 0 Å². The zero-order chi connectivity index (χ0) is 10.3. The van der Waals surface area contributed by atoms with E-state index in [9.17, 15) is 10.1 Å². The lowest BCUT2D eigenvalue weighted by Gasteiger charge is -2.00. The molecule has 0 spiro atoms. The van der Waals surface area contributed by atoms with Gasteiger partial charge in [-0.15, -0.1) is 11.3 Å². The van der Waals surface area contributed by atoms with E-state index in [1.54, 1.807) is 6.92 Å². The Morgan fingerprint density at radius 1 is 1.57 bits per heavy atom. The van der Waals surface area contributed by atoms with Gasteiger partial charge in [-0.05, 0) is 18.4 Å². The lowest BCUT2D eigenvalue weighted by molar-refractivity contribution is -0.385. The van der Waals surface area contributed by atoms with Crippen molar-refractivity contribution in [2.45, 2.75) is 6.92 Å². The molecule has 0 aliphatic heterocycles. The van der Waals surface area contributed by atoms with Gasteiger partial charge in [0.15, 0.2) is 0 Å². The summed E-state index contributed by atoms with van der Waals surface area (Å²) in [5.41, 5.74) is 0.773. The number of halogens is 1. The van der Waals surface area contributed by atoms with Crippen molar-refractivity contribution in [1.29, 1.82) is 0 Å². The summed E-state index contributed by atoms with van der Waals surface area (Å²) < 4.78 is 0.893. The number of nitro groups is 1. The molecule has 0 unspecified atom stereocenters. The number of nitrogens with zero attached hydrogens (tertiary/aromatic N) is 1. The number of fused-ring (bicyclic) bond motifs is 1. The number of hydrogen-bond acceptors (Lipinski definition) is 3. The fourth-order valence-electron chi connectivity index (χ4n) is 1.40. The van der Waals surface area contributed by atoms with Gasteiger partial charge in [0.1, 0.15) is 0 Å². The Kier molecular flexibility index (Phi) is 2.17. The molecule has 0 fully saturated rings. The van der Waals surface area contributed by atoms with Crippen LogP contribution in [-0.4, -0.2) is 4.92 Å². The number of aryl methyl sites for hydroxylation is 1. The number of rotatable bonds is 1. The van der Waals surface area contributed by atoms with Crippen molar-refractivity contribution in [2.75, 3.05) is 0 Å². The van der Waals surface area contributed by atoms with Crippen LogP contribution in [0.2, 0.25) is 5.02 Å². The number of hydrogen-bond donors (Lipinski definition) is 0. The van der Waals surface area contributed by atoms with Crippen LogP contribution in [0.4, 0.5) is 5.69 Å². The molecule has 0 N–H and O–H groups in total. The largest absolute Gasteiger partial charge is 0.275 e. The minimum atomic E-state index is -0.402. The average molecular weight is 228 g/mol. The zero-order valence-electron chi connectivity index (χ0n) is 7.28. The maximum atomic E-state index is 10.7. The number of nitro benzene ring substituents is 1. The first-order valence-electron chi connectivity index (χ1n) is 3.92. The van der Waals surface area contributed by atoms with E-state index in [-0.39, 0.29) is 5.69 Å². The zero-order valence-corrected chi connectivity index (χ0v) is 8.85. The monoisotopic (exact) mass is 227 g/mol. The van der Waals surface area contributed by atoms with Gasteiger partial charge < -0.3 is 0 Å². The van der Waals surface area contributed by atoms with Gasteiger partial charge in [-0.1, -0.05) is 11.6 Å². The maximum Gasteiger partial charge on any atom is 0.275 e. The highest BCUT2D eigenvalue weighted by Gasteiger charge is 2.16. The maximum absolute atomic E-state index is 10.7. The summed E-state index contributed by atoms with van der Waals surface area (Å²) in [6, 6.07) is 3.28. The summed E-state index contributed by atoms with van der Waals surface area (Å²) >= 11 is 7.39. The van der Waals surface area contributed by atoms with Crippen LogP contribution in [0.1, 0.15) is 5.56 Å². The summed E-state index contributed by atoms with van der Waals surface area (Å²) in [5, 5.41) is 13.9. The molecule has 5 heteroatoms. The van der Waals surface area contributed by atoms with Crippen molar-refractivity contribution >= 4 is 38.7 Å². The summed E-state index contributed by atoms with van der Waals surface area (Å²) in [7, 11) is 0. The first kappa shape index (κ1) is 9.43. The van der Waals surface area contributed by atoms with E-state index in [1.165, 1.54) is 17.4 Å². The Morgan fingerprint density at radius 3 is 2.93 bits per heavy atom. The molecular formula is C9H6ClNO2S. The van der Waals surface area contributed by atoms with Crippen LogP contribution in [0.25, 0.3) is 10.1 Å². The van der Waals surface area contributed by atoms with Gasteiger partial charge >= 0.3 is 0 Å². The molecule has 0 atom stereocenters. The SMILES string of the molecule is Cc1c([N+](=O)[O-])cc(Cl)c2ccsc12. The summed E-state index contributed by atoms with van der Waals surface area (Å²) in [5.74, 6) is 0. The van der Waals surface area contributed by atoms with Gasteiger partial charge in [-0.2, -0.15) is 0 Å². The highest BCUT2D eigenvalue weighted by atomic mass is 35.5. The first-order chi connectivity index (χ1) is 6.61. The summed E-state index contributed by atoms with van der Waals surface area (Å²) in [6.45, 7) is 1.74. The Morgan fingerprint density at radius 2 is 2.29 bits per heavy atom. The van der Waals surface area contributed by atoms with Crippen LogP contribution >= 0.6 is 22.9 Å². The fraction of sp³-hybridized carbons (Fsp3) is 0.111. The quantitative estimate of drug-likeness (QED) is 0.550. The molecule has 1 heterocycles. The molecule has 1 aromatic carbocycles. The smallest absolute Gasteiger partial charge is 0.258 e. The molecule has 72 valence electrons. The Hall–Kier alpha value is -1.13.